The highest BCUT2D eigenvalue weighted by atomic mass is 19.4. The quantitative estimate of drug-likeness (QED) is 0.288. The van der Waals surface area contributed by atoms with Crippen LogP contribution in [0.3, 0.4) is 0 Å². The smallest absolute Gasteiger partial charge is 0.431 e. The Kier molecular flexibility index (Phi) is 7.70. The zero-order valence-corrected chi connectivity index (χ0v) is 22.0. The summed E-state index contributed by atoms with van der Waals surface area (Å²) in [5.74, 6) is -2.64. The predicted molar refractivity (Wildman–Crippen MR) is 135 cm³/mol. The maximum absolute atomic E-state index is 14.9. The summed E-state index contributed by atoms with van der Waals surface area (Å²) < 4.78 is 68.2. The topological polar surface area (TPSA) is 119 Å². The first kappa shape index (κ1) is 28.7. The molecule has 2 aromatic heterocycles. The number of fused-ring (bicyclic) bond motifs is 1. The Balaban J connectivity index is 1.76. The number of alkyl halides is 3. The molecule has 1 aliphatic rings. The van der Waals surface area contributed by atoms with E-state index >= 15 is 0 Å². The monoisotopic (exact) mass is 566 g/mol. The lowest BCUT2D eigenvalue weighted by molar-refractivity contribution is -0.142. The van der Waals surface area contributed by atoms with E-state index in [2.05, 4.69) is 15.4 Å². The summed E-state index contributed by atoms with van der Waals surface area (Å²) >= 11 is 0. The largest absolute Gasteiger partial charge is 0.443 e. The first-order chi connectivity index (χ1) is 18.7. The predicted octanol–water partition coefficient (Wildman–Crippen LogP) is 3.43. The third-order valence-electron chi connectivity index (χ3n) is 5.74. The van der Waals surface area contributed by atoms with Crippen LogP contribution in [-0.2, 0) is 15.7 Å². The van der Waals surface area contributed by atoms with Crippen LogP contribution in [0.1, 0.15) is 33.4 Å². The van der Waals surface area contributed by atoms with Crippen LogP contribution in [0.25, 0.3) is 16.6 Å². The third kappa shape index (κ3) is 6.14. The summed E-state index contributed by atoms with van der Waals surface area (Å²) in [5, 5.41) is 1.39. The van der Waals surface area contributed by atoms with E-state index in [0.29, 0.717) is 6.07 Å². The standard InChI is InChI=1S/C25H26F4N6O5/c1-14(36)39-17-7-5-6-16(26)20(17)35-18(25(27,28)29)12-15-19(22(35)37)30-13-31-21(15)33-8-10-34(11-9-33)32-23(38)40-24(2,3)4/h5-7,12-13H,8-11H2,1-4H3,(H,32,38). The highest BCUT2D eigenvalue weighted by Crippen LogP contribution is 2.36. The number of esters is 1. The van der Waals surface area contributed by atoms with Crippen LogP contribution >= 0.6 is 0 Å². The van der Waals surface area contributed by atoms with Crippen molar-refractivity contribution < 1.29 is 36.6 Å². The molecule has 0 saturated carbocycles. The molecule has 1 saturated heterocycles. The molecular weight excluding hydrogens is 540 g/mol. The van der Waals surface area contributed by atoms with Gasteiger partial charge in [0, 0.05) is 33.1 Å². The molecular formula is C25H26F4N6O5. The number of carbonyl (C=O) groups is 2. The lowest BCUT2D eigenvalue weighted by Crippen LogP contribution is -2.54. The number of para-hydroxylation sites is 1. The molecule has 0 radical (unpaired) electrons. The number of piperazine rings is 1. The van der Waals surface area contributed by atoms with Crippen LogP contribution in [-0.4, -0.2) is 63.4 Å². The molecule has 1 N–H and O–H groups in total. The summed E-state index contributed by atoms with van der Waals surface area (Å²) in [4.78, 5) is 46.8. The maximum atomic E-state index is 14.9. The molecule has 1 aromatic carbocycles. The van der Waals surface area contributed by atoms with Crippen molar-refractivity contribution in [3.8, 4) is 11.4 Å². The van der Waals surface area contributed by atoms with Crippen molar-refractivity contribution in [3.63, 3.8) is 0 Å². The highest BCUT2D eigenvalue weighted by Gasteiger charge is 2.38. The van der Waals surface area contributed by atoms with Gasteiger partial charge in [-0.15, -0.1) is 0 Å². The summed E-state index contributed by atoms with van der Waals surface area (Å²) in [5.41, 5.74) is -2.15. The van der Waals surface area contributed by atoms with Gasteiger partial charge in [0.15, 0.2) is 11.6 Å². The third-order valence-corrected chi connectivity index (χ3v) is 5.74. The number of pyridine rings is 1. The van der Waals surface area contributed by atoms with Gasteiger partial charge in [-0.25, -0.2) is 24.2 Å². The summed E-state index contributed by atoms with van der Waals surface area (Å²) in [7, 11) is 0. The Morgan fingerprint density at radius 1 is 1.05 bits per heavy atom. The van der Waals surface area contributed by atoms with E-state index in [4.69, 9.17) is 9.47 Å². The number of hydrogen-bond acceptors (Lipinski definition) is 9. The van der Waals surface area contributed by atoms with Gasteiger partial charge in [0.1, 0.15) is 34.6 Å². The van der Waals surface area contributed by atoms with E-state index in [1.54, 1.807) is 30.7 Å². The van der Waals surface area contributed by atoms with E-state index in [-0.39, 0.29) is 42.0 Å². The second-order valence-electron chi connectivity index (χ2n) is 9.90. The number of anilines is 1. The molecule has 11 nitrogen and oxygen atoms in total. The molecule has 1 fully saturated rings. The number of carbonyl (C=O) groups excluding carboxylic acids is 2. The van der Waals surface area contributed by atoms with Crippen molar-refractivity contribution in [3.05, 3.63) is 52.5 Å². The fourth-order valence-electron chi connectivity index (χ4n) is 4.20. The molecule has 40 heavy (non-hydrogen) atoms. The Morgan fingerprint density at radius 2 is 1.73 bits per heavy atom. The normalized spacial score (nSPS) is 14.8. The second kappa shape index (κ2) is 10.7. The number of hydrogen-bond donors (Lipinski definition) is 1. The van der Waals surface area contributed by atoms with Crippen molar-refractivity contribution in [2.75, 3.05) is 31.1 Å². The van der Waals surface area contributed by atoms with Crippen molar-refractivity contribution >= 4 is 28.8 Å². The first-order valence-corrected chi connectivity index (χ1v) is 12.1. The summed E-state index contributed by atoms with van der Waals surface area (Å²) in [6.07, 6.45) is -4.74. The average molecular weight is 567 g/mol. The van der Waals surface area contributed by atoms with E-state index in [1.807, 2.05) is 0 Å². The van der Waals surface area contributed by atoms with E-state index in [1.165, 1.54) is 0 Å². The molecule has 0 aliphatic carbocycles. The second-order valence-corrected chi connectivity index (χ2v) is 9.90. The van der Waals surface area contributed by atoms with Gasteiger partial charge in [0.25, 0.3) is 5.56 Å². The molecule has 1 amide bonds. The molecule has 0 spiro atoms. The van der Waals surface area contributed by atoms with Gasteiger partial charge in [-0.3, -0.25) is 19.6 Å². The lowest BCUT2D eigenvalue weighted by atomic mass is 10.1. The lowest BCUT2D eigenvalue weighted by Gasteiger charge is -2.36. The van der Waals surface area contributed by atoms with Crippen molar-refractivity contribution in [1.29, 1.82) is 0 Å². The fraction of sp³-hybridized carbons (Fsp3) is 0.400. The van der Waals surface area contributed by atoms with Gasteiger partial charge in [0.2, 0.25) is 0 Å². The van der Waals surface area contributed by atoms with Gasteiger partial charge in [-0.05, 0) is 39.0 Å². The minimum atomic E-state index is -5.12. The van der Waals surface area contributed by atoms with Gasteiger partial charge < -0.3 is 14.4 Å². The Labute approximate surface area is 225 Å². The number of nitrogens with zero attached hydrogens (tertiary/aromatic N) is 5. The Morgan fingerprint density at radius 3 is 2.33 bits per heavy atom. The number of nitrogens with one attached hydrogen (secondary N) is 1. The van der Waals surface area contributed by atoms with E-state index < -0.39 is 57.9 Å². The van der Waals surface area contributed by atoms with Crippen LogP contribution in [0.4, 0.5) is 28.2 Å². The fourth-order valence-corrected chi connectivity index (χ4v) is 4.20. The number of ether oxygens (including phenoxy) is 2. The van der Waals surface area contributed by atoms with Crippen LogP contribution in [0.2, 0.25) is 0 Å². The molecule has 15 heteroatoms. The molecule has 214 valence electrons. The van der Waals surface area contributed by atoms with Crippen LogP contribution in [0.5, 0.6) is 5.75 Å². The zero-order valence-electron chi connectivity index (χ0n) is 22.0. The first-order valence-electron chi connectivity index (χ1n) is 12.1. The molecule has 3 aromatic rings. The molecule has 0 bridgehead atoms. The SMILES string of the molecule is CC(=O)Oc1cccc(F)c1-n1c(C(F)(F)F)cc2c(N3CCN(NC(=O)OC(C)(C)C)CC3)ncnc2c1=O. The van der Waals surface area contributed by atoms with Gasteiger partial charge in [0.05, 0.1) is 5.39 Å². The minimum Gasteiger partial charge on any atom is -0.443 e. The number of aromatic nitrogens is 3. The number of benzene rings is 1. The van der Waals surface area contributed by atoms with Gasteiger partial charge in [-0.1, -0.05) is 6.07 Å². The van der Waals surface area contributed by atoms with E-state index in [9.17, 15) is 31.9 Å². The summed E-state index contributed by atoms with van der Waals surface area (Å²) in [6.45, 7) is 7.16. The highest BCUT2D eigenvalue weighted by molar-refractivity contribution is 5.89. The zero-order chi connectivity index (χ0) is 29.4. The molecule has 0 unspecified atom stereocenters. The van der Waals surface area contributed by atoms with Crippen LogP contribution in [0, 0.1) is 5.82 Å². The summed E-state index contributed by atoms with van der Waals surface area (Å²) in [6, 6.07) is 3.72. The van der Waals surface area contributed by atoms with Crippen molar-refractivity contribution in [2.45, 2.75) is 39.5 Å². The number of halogens is 4. The molecule has 1 aliphatic heterocycles. The number of hydrazine groups is 1. The van der Waals surface area contributed by atoms with Gasteiger partial charge in [-0.2, -0.15) is 13.2 Å². The van der Waals surface area contributed by atoms with Crippen molar-refractivity contribution in [2.24, 2.45) is 0 Å². The van der Waals surface area contributed by atoms with Gasteiger partial charge >= 0.3 is 18.2 Å². The molecule has 3 heterocycles. The Bertz CT molecular complexity index is 1510. The minimum absolute atomic E-state index is 0.0606. The molecule has 0 atom stereocenters. The van der Waals surface area contributed by atoms with E-state index in [0.717, 1.165) is 31.5 Å². The number of amides is 1. The maximum Gasteiger partial charge on any atom is 0.431 e. The van der Waals surface area contributed by atoms with Crippen LogP contribution < -0.4 is 20.6 Å². The molecule has 4 rings (SSSR count). The number of rotatable bonds is 4. The van der Waals surface area contributed by atoms with Crippen LogP contribution in [0.15, 0.2) is 35.4 Å². The average Bonchev–Trinajstić information content (AvgIpc) is 2.83. The van der Waals surface area contributed by atoms with Crippen molar-refractivity contribution in [1.82, 2.24) is 25.0 Å². The Hall–Kier alpha value is -4.27.